The van der Waals surface area contributed by atoms with Crippen LogP contribution in [0.2, 0.25) is 26.2 Å². The minimum Gasteiger partial charge on any atom is -0.550 e. The average Bonchev–Trinajstić information content (AvgIpc) is 3.35. The number of allylic oxidation sites excluding steroid dienone is 2. The minimum absolute atomic E-state index is 0.0227. The summed E-state index contributed by atoms with van der Waals surface area (Å²) >= 11 is 0. The fourth-order valence-electron chi connectivity index (χ4n) is 7.93. The summed E-state index contributed by atoms with van der Waals surface area (Å²) in [7, 11) is -7.17. The molecule has 46 heavy (non-hydrogen) atoms. The molecule has 2 fully saturated rings. The summed E-state index contributed by atoms with van der Waals surface area (Å²) in [5.41, 5.74) is 1.06. The highest BCUT2D eigenvalue weighted by Gasteiger charge is 2.66. The van der Waals surface area contributed by atoms with E-state index < -0.39 is 39.9 Å². The molecule has 1 unspecified atom stereocenters. The third-order valence-electron chi connectivity index (χ3n) is 10.3. The van der Waals surface area contributed by atoms with E-state index in [2.05, 4.69) is 94.2 Å². The number of benzene rings is 1. The third-order valence-corrected chi connectivity index (χ3v) is 13.3. The molecule has 3 rings (SSSR count). The van der Waals surface area contributed by atoms with Crippen molar-refractivity contribution in [2.24, 2.45) is 40.4 Å². The molecule has 0 N–H and O–H groups in total. The van der Waals surface area contributed by atoms with Gasteiger partial charge in [-0.25, -0.2) is 0 Å². The standard InChI is InChI=1S/C38H66O5SSi2/c1-15-16-17-27(3)22-29(36(5,6)7)24-33(42-45(11)12)34-31-23-28(4)35(41-44(39,40)30-20-18-26(2)19-21-30)38(31,43-46(13)14)25-32(34)37(8,9)10/h18-21,24,27,29,31-32,34-35,45-46H,4,15-17,22-23,25H2,1-3,5-14H3/t27-,29-,31-,32+,34+,35?,38-/m0/s1. The molecule has 0 saturated heterocycles. The highest BCUT2D eigenvalue weighted by atomic mass is 32.2. The number of rotatable bonds is 14. The van der Waals surface area contributed by atoms with Crippen LogP contribution in [0.3, 0.4) is 0 Å². The molecular weight excluding hydrogens is 625 g/mol. The normalized spacial score (nSPS) is 27.4. The SMILES string of the molecule is C=C1C[C@H]2[C@@H](C(=C[C@H](C[C@@H](C)CCCC)C(C)(C)C)O[SiH](C)C)[C@H](C(C)(C)C)C[C@@]2(O[SiH](C)C)C1OS(=O)(=O)c1ccc(C)cc1. The van der Waals surface area contributed by atoms with Gasteiger partial charge in [0.1, 0.15) is 6.10 Å². The van der Waals surface area contributed by atoms with Crippen molar-refractivity contribution in [3.63, 3.8) is 0 Å². The predicted octanol–water partition coefficient (Wildman–Crippen LogP) is 9.83. The van der Waals surface area contributed by atoms with Gasteiger partial charge < -0.3 is 8.85 Å². The van der Waals surface area contributed by atoms with E-state index in [4.69, 9.17) is 13.0 Å². The molecule has 0 aliphatic heterocycles. The van der Waals surface area contributed by atoms with Crippen LogP contribution in [0.4, 0.5) is 0 Å². The molecule has 7 atom stereocenters. The lowest BCUT2D eigenvalue weighted by atomic mass is 9.70. The van der Waals surface area contributed by atoms with Crippen LogP contribution < -0.4 is 0 Å². The van der Waals surface area contributed by atoms with E-state index in [1.165, 1.54) is 19.3 Å². The van der Waals surface area contributed by atoms with E-state index in [0.29, 0.717) is 18.3 Å². The van der Waals surface area contributed by atoms with Crippen molar-refractivity contribution in [2.75, 3.05) is 0 Å². The lowest BCUT2D eigenvalue weighted by Crippen LogP contribution is -2.48. The predicted molar refractivity (Wildman–Crippen MR) is 199 cm³/mol. The van der Waals surface area contributed by atoms with Gasteiger partial charge in [-0.3, -0.25) is 4.18 Å². The van der Waals surface area contributed by atoms with Crippen LogP contribution in [0.5, 0.6) is 0 Å². The Labute approximate surface area is 286 Å². The Kier molecular flexibility index (Phi) is 12.9. The van der Waals surface area contributed by atoms with Crippen molar-refractivity contribution in [1.82, 2.24) is 0 Å². The molecule has 5 nitrogen and oxygen atoms in total. The molecule has 0 bridgehead atoms. The molecule has 0 amide bonds. The van der Waals surface area contributed by atoms with Crippen LogP contribution in [0.1, 0.15) is 99.5 Å². The summed E-state index contributed by atoms with van der Waals surface area (Å²) in [5.74, 6) is 2.44. The monoisotopic (exact) mass is 690 g/mol. The highest BCUT2D eigenvalue weighted by Crippen LogP contribution is 2.64. The van der Waals surface area contributed by atoms with Crippen molar-refractivity contribution >= 4 is 28.2 Å². The Morgan fingerprint density at radius 3 is 2.17 bits per heavy atom. The second kappa shape index (κ2) is 15.1. The zero-order valence-corrected chi connectivity index (χ0v) is 34.5. The number of aryl methyl sites for hydroxylation is 1. The fourth-order valence-corrected chi connectivity index (χ4v) is 11.1. The maximum Gasteiger partial charge on any atom is 0.297 e. The number of hydrogen-bond donors (Lipinski definition) is 0. The largest absolute Gasteiger partial charge is 0.550 e. The minimum atomic E-state index is -4.04. The third kappa shape index (κ3) is 9.28. The van der Waals surface area contributed by atoms with E-state index in [1.807, 2.05) is 19.1 Å². The summed E-state index contributed by atoms with van der Waals surface area (Å²) in [6.07, 6.45) is 8.00. The van der Waals surface area contributed by atoms with E-state index in [0.717, 1.165) is 29.7 Å². The maximum absolute atomic E-state index is 13.8. The molecule has 1 aromatic rings. The van der Waals surface area contributed by atoms with Gasteiger partial charge in [-0.1, -0.05) is 98.9 Å². The van der Waals surface area contributed by atoms with E-state index >= 15 is 0 Å². The van der Waals surface area contributed by atoms with Gasteiger partial charge in [-0.05, 0) is 105 Å². The first kappa shape index (κ1) is 39.2. The summed E-state index contributed by atoms with van der Waals surface area (Å²) in [6, 6.07) is 6.90. The molecule has 2 saturated carbocycles. The Balaban J connectivity index is 2.19. The summed E-state index contributed by atoms with van der Waals surface area (Å²) < 4.78 is 48.0. The molecule has 0 heterocycles. The van der Waals surface area contributed by atoms with Crippen LogP contribution in [0.15, 0.2) is 53.1 Å². The van der Waals surface area contributed by atoms with Crippen molar-refractivity contribution in [3.8, 4) is 0 Å². The molecule has 0 radical (unpaired) electrons. The first-order valence-corrected chi connectivity index (χ1v) is 24.8. The van der Waals surface area contributed by atoms with Crippen LogP contribution >= 0.6 is 0 Å². The van der Waals surface area contributed by atoms with Crippen molar-refractivity contribution in [3.05, 3.63) is 53.8 Å². The van der Waals surface area contributed by atoms with Gasteiger partial charge in [0, 0.05) is 11.8 Å². The smallest absolute Gasteiger partial charge is 0.297 e. The Morgan fingerprint density at radius 2 is 1.67 bits per heavy atom. The van der Waals surface area contributed by atoms with Gasteiger partial charge in [0.2, 0.25) is 9.04 Å². The van der Waals surface area contributed by atoms with Gasteiger partial charge in [-0.2, -0.15) is 8.42 Å². The summed E-state index contributed by atoms with van der Waals surface area (Å²) in [6.45, 7) is 34.0. The quantitative estimate of drug-likeness (QED) is 0.0842. The number of fused-ring (bicyclic) bond motifs is 1. The van der Waals surface area contributed by atoms with Crippen LogP contribution in [-0.4, -0.2) is 38.2 Å². The topological polar surface area (TPSA) is 61.8 Å². The number of hydrogen-bond acceptors (Lipinski definition) is 5. The second-order valence-electron chi connectivity index (χ2n) is 17.2. The zero-order chi connectivity index (χ0) is 34.8. The molecule has 0 spiro atoms. The Hall–Kier alpha value is -1.20. The molecular formula is C38H66O5SSi2. The van der Waals surface area contributed by atoms with Gasteiger partial charge >= 0.3 is 0 Å². The van der Waals surface area contributed by atoms with Gasteiger partial charge in [-0.15, -0.1) is 0 Å². The zero-order valence-electron chi connectivity index (χ0n) is 31.4. The van der Waals surface area contributed by atoms with Crippen molar-refractivity contribution in [2.45, 2.75) is 144 Å². The van der Waals surface area contributed by atoms with Crippen LogP contribution in [0, 0.1) is 47.3 Å². The Morgan fingerprint density at radius 1 is 1.07 bits per heavy atom. The first-order valence-electron chi connectivity index (χ1n) is 17.9. The lowest BCUT2D eigenvalue weighted by Gasteiger charge is -2.38. The molecule has 0 aromatic heterocycles. The molecule has 2 aliphatic rings. The average molecular weight is 691 g/mol. The summed E-state index contributed by atoms with van der Waals surface area (Å²) in [4.78, 5) is 0.174. The maximum atomic E-state index is 13.8. The first-order chi connectivity index (χ1) is 21.1. The van der Waals surface area contributed by atoms with E-state index in [9.17, 15) is 8.42 Å². The molecule has 2 aliphatic carbocycles. The van der Waals surface area contributed by atoms with Crippen molar-refractivity contribution < 1.29 is 21.5 Å². The Bertz CT molecular complexity index is 1310. The lowest BCUT2D eigenvalue weighted by molar-refractivity contribution is -0.0324. The second-order valence-corrected chi connectivity index (χ2v) is 23.5. The molecule has 262 valence electrons. The number of unbranched alkanes of at least 4 members (excludes halogenated alkanes) is 1. The van der Waals surface area contributed by atoms with E-state index in [1.54, 1.807) is 12.1 Å². The molecule has 1 aromatic carbocycles. The fraction of sp³-hybridized carbons (Fsp3) is 0.737. The van der Waals surface area contributed by atoms with E-state index in [-0.39, 0.29) is 33.5 Å². The van der Waals surface area contributed by atoms with Gasteiger partial charge in [0.15, 0.2) is 9.04 Å². The van der Waals surface area contributed by atoms with Crippen LogP contribution in [0.25, 0.3) is 0 Å². The van der Waals surface area contributed by atoms with Crippen LogP contribution in [-0.2, 0) is 23.2 Å². The van der Waals surface area contributed by atoms with Gasteiger partial charge in [0.05, 0.1) is 16.3 Å². The summed E-state index contributed by atoms with van der Waals surface area (Å²) in [5, 5.41) is 0. The highest BCUT2D eigenvalue weighted by molar-refractivity contribution is 7.86. The molecule has 8 heteroatoms. The van der Waals surface area contributed by atoms with Crippen molar-refractivity contribution in [1.29, 1.82) is 0 Å². The van der Waals surface area contributed by atoms with Gasteiger partial charge in [0.25, 0.3) is 10.1 Å².